The summed E-state index contributed by atoms with van der Waals surface area (Å²) in [5.74, 6) is -0.787. The minimum atomic E-state index is -0.830. The van der Waals surface area contributed by atoms with Crippen molar-refractivity contribution in [1.82, 2.24) is 14.7 Å². The van der Waals surface area contributed by atoms with Gasteiger partial charge in [-0.25, -0.2) is 18.3 Å². The first kappa shape index (κ1) is 27.6. The molecule has 2 aromatic carbocycles. The SMILES string of the molecule is CCOc1nn(-c2ccccc2)c(NC(N)=O)c1C.COC(=O)CN1CCC(c2ccc(F)c(F)c2)C1. The van der Waals surface area contributed by atoms with Gasteiger partial charge in [0.05, 0.1) is 31.5 Å². The van der Waals surface area contributed by atoms with Crippen molar-refractivity contribution >= 4 is 17.8 Å². The number of methoxy groups -OCH3 is 1. The summed E-state index contributed by atoms with van der Waals surface area (Å²) in [6.07, 6.45) is 0.835. The summed E-state index contributed by atoms with van der Waals surface area (Å²) in [6, 6.07) is 12.8. The molecule has 0 spiro atoms. The van der Waals surface area contributed by atoms with Crippen molar-refractivity contribution in [2.24, 2.45) is 5.73 Å². The molecule has 1 aliphatic rings. The molecule has 1 atom stereocenters. The summed E-state index contributed by atoms with van der Waals surface area (Å²) in [4.78, 5) is 24.2. The smallest absolute Gasteiger partial charge is 0.319 e. The van der Waals surface area contributed by atoms with Crippen molar-refractivity contribution in [2.75, 3.05) is 38.7 Å². The highest BCUT2D eigenvalue weighted by molar-refractivity contribution is 5.88. The van der Waals surface area contributed by atoms with Crippen LogP contribution in [0.25, 0.3) is 5.69 Å². The normalized spacial score (nSPS) is 15.0. The quantitative estimate of drug-likeness (QED) is 0.460. The Morgan fingerprint density at radius 1 is 1.16 bits per heavy atom. The number of amides is 2. The Kier molecular flexibility index (Phi) is 9.56. The number of primary amides is 1. The van der Waals surface area contributed by atoms with Gasteiger partial charge in [-0.1, -0.05) is 24.3 Å². The third kappa shape index (κ3) is 7.26. The number of aromatic nitrogens is 2. The molecular formula is C26H31F2N5O4. The lowest BCUT2D eigenvalue weighted by molar-refractivity contribution is -0.141. The number of benzene rings is 2. The first-order valence-electron chi connectivity index (χ1n) is 11.8. The monoisotopic (exact) mass is 515 g/mol. The molecule has 198 valence electrons. The zero-order valence-electron chi connectivity index (χ0n) is 21.0. The Labute approximate surface area is 214 Å². The molecule has 37 heavy (non-hydrogen) atoms. The van der Waals surface area contributed by atoms with Crippen LogP contribution in [0.1, 0.15) is 30.4 Å². The molecule has 0 radical (unpaired) electrons. The molecule has 9 nitrogen and oxygen atoms in total. The van der Waals surface area contributed by atoms with Crippen LogP contribution in [0.3, 0.4) is 0 Å². The summed E-state index contributed by atoms with van der Waals surface area (Å²) in [6.45, 7) is 5.88. The number of nitrogens with zero attached hydrogens (tertiary/aromatic N) is 3. The topological polar surface area (TPSA) is 112 Å². The van der Waals surface area contributed by atoms with E-state index in [4.69, 9.17) is 10.5 Å². The van der Waals surface area contributed by atoms with Gasteiger partial charge in [0.2, 0.25) is 5.88 Å². The average molecular weight is 516 g/mol. The Balaban J connectivity index is 0.000000206. The van der Waals surface area contributed by atoms with Gasteiger partial charge in [-0.05, 0) is 62.6 Å². The van der Waals surface area contributed by atoms with Gasteiger partial charge in [0.1, 0.15) is 5.82 Å². The molecule has 4 rings (SSSR count). The van der Waals surface area contributed by atoms with Crippen LogP contribution in [0.15, 0.2) is 48.5 Å². The van der Waals surface area contributed by atoms with E-state index < -0.39 is 17.7 Å². The van der Waals surface area contributed by atoms with Crippen molar-refractivity contribution in [3.05, 3.63) is 71.3 Å². The van der Waals surface area contributed by atoms with Gasteiger partial charge in [0, 0.05) is 6.54 Å². The molecule has 1 fully saturated rings. The first-order chi connectivity index (χ1) is 17.7. The van der Waals surface area contributed by atoms with E-state index >= 15 is 0 Å². The number of esters is 1. The van der Waals surface area contributed by atoms with Crippen LogP contribution in [0, 0.1) is 18.6 Å². The second kappa shape index (κ2) is 12.8. The number of halogens is 2. The number of ether oxygens (including phenoxy) is 2. The number of hydrogen-bond donors (Lipinski definition) is 2. The van der Waals surface area contributed by atoms with E-state index in [2.05, 4.69) is 15.2 Å². The van der Waals surface area contributed by atoms with Crippen molar-refractivity contribution < 1.29 is 27.8 Å². The largest absolute Gasteiger partial charge is 0.477 e. The van der Waals surface area contributed by atoms with E-state index in [1.165, 1.54) is 13.2 Å². The first-order valence-corrected chi connectivity index (χ1v) is 11.8. The lowest BCUT2D eigenvalue weighted by Crippen LogP contribution is -2.28. The third-order valence-electron chi connectivity index (χ3n) is 5.87. The van der Waals surface area contributed by atoms with Gasteiger partial charge < -0.3 is 15.2 Å². The molecule has 0 aliphatic carbocycles. The Bertz CT molecular complexity index is 1220. The van der Waals surface area contributed by atoms with Crippen molar-refractivity contribution in [3.63, 3.8) is 0 Å². The molecule has 1 unspecified atom stereocenters. The predicted molar refractivity (Wildman–Crippen MR) is 135 cm³/mol. The maximum Gasteiger partial charge on any atom is 0.319 e. The fourth-order valence-electron chi connectivity index (χ4n) is 4.03. The molecule has 0 saturated carbocycles. The Morgan fingerprint density at radius 3 is 2.51 bits per heavy atom. The van der Waals surface area contributed by atoms with Gasteiger partial charge in [-0.2, -0.15) is 0 Å². The van der Waals surface area contributed by atoms with E-state index in [-0.39, 0.29) is 18.4 Å². The number of rotatable bonds is 7. The zero-order valence-corrected chi connectivity index (χ0v) is 21.0. The number of nitrogens with one attached hydrogen (secondary N) is 1. The standard InChI is InChI=1S/C13H15F2NO2.C13H16N4O2/c1-18-13(17)8-16-5-4-10(7-16)9-2-3-11(14)12(15)6-9;1-3-19-12-9(2)11(15-13(14)18)17(16-12)10-7-5-4-6-8-10/h2-3,6,10H,4-5,7-8H2,1H3;4-8H,3H2,1-2H3,(H3,14,15,18). The van der Waals surface area contributed by atoms with Crippen LogP contribution < -0.4 is 15.8 Å². The highest BCUT2D eigenvalue weighted by Gasteiger charge is 2.26. The van der Waals surface area contributed by atoms with Crippen LogP contribution in [-0.2, 0) is 9.53 Å². The van der Waals surface area contributed by atoms with Crippen LogP contribution >= 0.6 is 0 Å². The highest BCUT2D eigenvalue weighted by atomic mass is 19.2. The second-order valence-corrected chi connectivity index (χ2v) is 8.42. The summed E-state index contributed by atoms with van der Waals surface area (Å²) in [5, 5.41) is 6.93. The highest BCUT2D eigenvalue weighted by Crippen LogP contribution is 2.29. The fourth-order valence-corrected chi connectivity index (χ4v) is 4.03. The van der Waals surface area contributed by atoms with E-state index in [9.17, 15) is 18.4 Å². The molecule has 1 aromatic heterocycles. The molecule has 3 N–H and O–H groups in total. The minimum absolute atomic E-state index is 0.143. The number of urea groups is 1. The maximum atomic E-state index is 13.1. The number of nitrogens with two attached hydrogens (primary N) is 1. The van der Waals surface area contributed by atoms with Gasteiger partial charge in [0.25, 0.3) is 0 Å². The molecule has 3 aromatic rings. The van der Waals surface area contributed by atoms with Crippen LogP contribution in [-0.4, -0.2) is 60.0 Å². The molecular weight excluding hydrogens is 484 g/mol. The van der Waals surface area contributed by atoms with Crippen LogP contribution in [0.2, 0.25) is 0 Å². The summed E-state index contributed by atoms with van der Waals surface area (Å²) < 4.78 is 37.6. The number of carbonyl (C=O) groups excluding carboxylic acids is 2. The van der Waals surface area contributed by atoms with Crippen molar-refractivity contribution in [2.45, 2.75) is 26.2 Å². The molecule has 2 heterocycles. The van der Waals surface area contributed by atoms with Gasteiger partial charge in [-0.3, -0.25) is 15.0 Å². The van der Waals surface area contributed by atoms with E-state index in [0.29, 0.717) is 24.8 Å². The lowest BCUT2D eigenvalue weighted by Gasteiger charge is -2.14. The number of carbonyl (C=O) groups is 2. The number of likely N-dealkylation sites (tertiary alicyclic amines) is 1. The van der Waals surface area contributed by atoms with Crippen LogP contribution in [0.5, 0.6) is 5.88 Å². The molecule has 1 aliphatic heterocycles. The molecule has 11 heteroatoms. The van der Waals surface area contributed by atoms with Gasteiger partial charge >= 0.3 is 12.0 Å². The van der Waals surface area contributed by atoms with Crippen molar-refractivity contribution in [3.8, 4) is 11.6 Å². The second-order valence-electron chi connectivity index (χ2n) is 8.42. The maximum absolute atomic E-state index is 13.1. The van der Waals surface area contributed by atoms with E-state index in [1.807, 2.05) is 49.1 Å². The minimum Gasteiger partial charge on any atom is -0.477 e. The summed E-state index contributed by atoms with van der Waals surface area (Å²) in [5.41, 5.74) is 7.53. The molecule has 0 bridgehead atoms. The van der Waals surface area contributed by atoms with Crippen LogP contribution in [0.4, 0.5) is 19.4 Å². The number of para-hydroxylation sites is 1. The fraction of sp³-hybridized carbons (Fsp3) is 0.346. The molecule has 2 amide bonds. The van der Waals surface area contributed by atoms with E-state index in [1.54, 1.807) is 10.7 Å². The summed E-state index contributed by atoms with van der Waals surface area (Å²) >= 11 is 0. The number of anilines is 1. The zero-order chi connectivity index (χ0) is 26.9. The molecule has 1 saturated heterocycles. The Hall–Kier alpha value is -3.99. The van der Waals surface area contributed by atoms with Gasteiger partial charge in [0.15, 0.2) is 11.6 Å². The predicted octanol–water partition coefficient (Wildman–Crippen LogP) is 4.00. The number of hydrogen-bond acceptors (Lipinski definition) is 6. The average Bonchev–Trinajstić information content (AvgIpc) is 3.47. The van der Waals surface area contributed by atoms with Crippen molar-refractivity contribution in [1.29, 1.82) is 0 Å². The summed E-state index contributed by atoms with van der Waals surface area (Å²) in [7, 11) is 1.35. The lowest BCUT2D eigenvalue weighted by atomic mass is 9.98. The van der Waals surface area contributed by atoms with Gasteiger partial charge in [-0.15, -0.1) is 5.10 Å². The Morgan fingerprint density at radius 2 is 1.89 bits per heavy atom. The third-order valence-corrected chi connectivity index (χ3v) is 5.87. The van der Waals surface area contributed by atoms with E-state index in [0.717, 1.165) is 35.8 Å².